The number of hydrogen-bond donors (Lipinski definition) is 5. The number of aldehydes is 1. The molecule has 33 heavy (non-hydrogen) atoms. The number of aliphatic hydroxyl groups is 4. The first kappa shape index (κ1) is 26.4. The van der Waals surface area contributed by atoms with E-state index in [1.54, 1.807) is 25.1 Å². The summed E-state index contributed by atoms with van der Waals surface area (Å²) in [6, 6.07) is 7.06. The Labute approximate surface area is 195 Å². The van der Waals surface area contributed by atoms with E-state index in [-0.39, 0.29) is 17.1 Å². The number of amides is 1. The van der Waals surface area contributed by atoms with Crippen molar-refractivity contribution < 1.29 is 34.8 Å². The van der Waals surface area contributed by atoms with Gasteiger partial charge in [0.25, 0.3) is 5.91 Å². The lowest BCUT2D eigenvalue weighted by Crippen LogP contribution is -2.53. The van der Waals surface area contributed by atoms with Crippen LogP contribution in [0.2, 0.25) is 0 Å². The molecule has 5 N–H and O–H groups in total. The van der Waals surface area contributed by atoms with Crippen LogP contribution >= 0.6 is 11.3 Å². The van der Waals surface area contributed by atoms with Crippen LogP contribution in [0.5, 0.6) is 5.75 Å². The van der Waals surface area contributed by atoms with Crippen molar-refractivity contribution in [3.8, 4) is 22.4 Å². The van der Waals surface area contributed by atoms with Crippen LogP contribution in [0.1, 0.15) is 41.2 Å². The predicted molar refractivity (Wildman–Crippen MR) is 120 cm³/mol. The zero-order valence-corrected chi connectivity index (χ0v) is 19.3. The molecule has 1 aromatic heterocycles. The van der Waals surface area contributed by atoms with Gasteiger partial charge in [-0.1, -0.05) is 13.8 Å². The van der Waals surface area contributed by atoms with Crippen LogP contribution in [0.25, 0.3) is 10.6 Å². The monoisotopic (exact) mass is 477 g/mol. The number of nitriles is 1. The van der Waals surface area contributed by atoms with Crippen molar-refractivity contribution in [3.05, 3.63) is 34.3 Å². The maximum Gasteiger partial charge on any atom is 0.265 e. The Morgan fingerprint density at radius 2 is 2.06 bits per heavy atom. The van der Waals surface area contributed by atoms with Crippen LogP contribution in [0, 0.1) is 24.2 Å². The van der Waals surface area contributed by atoms with E-state index < -0.39 is 36.9 Å². The molecule has 11 heteroatoms. The highest BCUT2D eigenvalue weighted by Gasteiger charge is 2.35. The molecule has 178 valence electrons. The van der Waals surface area contributed by atoms with Gasteiger partial charge in [0.05, 0.1) is 30.6 Å². The van der Waals surface area contributed by atoms with Crippen LogP contribution in [-0.2, 0) is 4.79 Å². The number of nitrogens with one attached hydrogen (secondary N) is 1. The Morgan fingerprint density at radius 3 is 2.64 bits per heavy atom. The Balaban J connectivity index is 2.25. The normalized spacial score (nSPS) is 14.8. The summed E-state index contributed by atoms with van der Waals surface area (Å²) < 4.78 is 5.65. The van der Waals surface area contributed by atoms with Crippen LogP contribution < -0.4 is 10.1 Å². The summed E-state index contributed by atoms with van der Waals surface area (Å²) >= 11 is 0.993. The molecule has 0 aliphatic carbocycles. The lowest BCUT2D eigenvalue weighted by molar-refractivity contribution is -0.133. The van der Waals surface area contributed by atoms with Crippen molar-refractivity contribution in [2.45, 2.75) is 45.1 Å². The van der Waals surface area contributed by atoms with E-state index in [1.807, 2.05) is 13.8 Å². The number of rotatable bonds is 11. The third kappa shape index (κ3) is 6.80. The Morgan fingerprint density at radius 1 is 1.36 bits per heavy atom. The Hall–Kier alpha value is -2.88. The fourth-order valence-electron chi connectivity index (χ4n) is 2.82. The van der Waals surface area contributed by atoms with Gasteiger partial charge in [-0.3, -0.25) is 9.59 Å². The van der Waals surface area contributed by atoms with Crippen LogP contribution in [0.15, 0.2) is 18.2 Å². The molecular formula is C22H27N3O7S. The number of benzene rings is 1. The summed E-state index contributed by atoms with van der Waals surface area (Å²) in [5.74, 6) is -0.0771. The van der Waals surface area contributed by atoms with E-state index in [9.17, 15) is 30.2 Å². The van der Waals surface area contributed by atoms with Gasteiger partial charge in [-0.25, -0.2) is 4.98 Å². The fourth-order valence-corrected chi connectivity index (χ4v) is 3.78. The fraction of sp³-hybridized carbons (Fsp3) is 0.455. The number of aromatic nitrogens is 1. The van der Waals surface area contributed by atoms with Crippen molar-refractivity contribution in [1.82, 2.24) is 10.3 Å². The quantitative estimate of drug-likeness (QED) is 0.231. The second-order valence-corrected chi connectivity index (χ2v) is 8.98. The van der Waals surface area contributed by atoms with Gasteiger partial charge in [-0.05, 0) is 31.0 Å². The van der Waals surface area contributed by atoms with E-state index in [1.165, 1.54) is 0 Å². The highest BCUT2D eigenvalue weighted by atomic mass is 32.1. The van der Waals surface area contributed by atoms with Crippen molar-refractivity contribution in [1.29, 1.82) is 5.26 Å². The third-order valence-corrected chi connectivity index (χ3v) is 5.80. The molecule has 0 radical (unpaired) electrons. The van der Waals surface area contributed by atoms with E-state index in [2.05, 4.69) is 16.4 Å². The molecule has 0 spiro atoms. The highest BCUT2D eigenvalue weighted by Crippen LogP contribution is 2.31. The number of hydrogen-bond acceptors (Lipinski definition) is 10. The molecule has 1 aromatic carbocycles. The molecule has 0 saturated heterocycles. The molecule has 0 bridgehead atoms. The maximum absolute atomic E-state index is 12.7. The standard InChI is InChI=1S/C22H27N3O7S/c1-12(2)10-32-18-5-4-14(6-15(18)8-23)21-24-13(3)19(33-21)20(30)25-22(31,11-27)7-16(28)17(29)9-26/h4-6,11-12,16-17,26,28-29,31H,7,9-10H2,1-3H3,(H,25,30). The van der Waals surface area contributed by atoms with Gasteiger partial charge < -0.3 is 30.5 Å². The minimum absolute atomic E-state index is 0.0323. The summed E-state index contributed by atoms with van der Waals surface area (Å²) in [5.41, 5.74) is -1.23. The topological polar surface area (TPSA) is 173 Å². The molecule has 1 amide bonds. The molecule has 0 aliphatic rings. The second-order valence-electron chi connectivity index (χ2n) is 7.98. The average Bonchev–Trinajstić information content (AvgIpc) is 3.18. The first-order chi connectivity index (χ1) is 15.5. The van der Waals surface area contributed by atoms with E-state index in [4.69, 9.17) is 9.84 Å². The molecule has 3 unspecified atom stereocenters. The zero-order valence-electron chi connectivity index (χ0n) is 18.5. The van der Waals surface area contributed by atoms with E-state index in [0.717, 1.165) is 11.3 Å². The van der Waals surface area contributed by atoms with Crippen LogP contribution in [0.3, 0.4) is 0 Å². The number of aliphatic hydroxyl groups excluding tert-OH is 3. The molecule has 0 aliphatic heterocycles. The van der Waals surface area contributed by atoms with Crippen LogP contribution in [0.4, 0.5) is 0 Å². The van der Waals surface area contributed by atoms with E-state index >= 15 is 0 Å². The predicted octanol–water partition coefficient (Wildman–Crippen LogP) is 0.746. The first-order valence-electron chi connectivity index (χ1n) is 10.2. The van der Waals surface area contributed by atoms with Gasteiger partial charge in [-0.2, -0.15) is 5.26 Å². The van der Waals surface area contributed by atoms with Gasteiger partial charge in [0.1, 0.15) is 27.8 Å². The minimum Gasteiger partial charge on any atom is -0.492 e. The van der Waals surface area contributed by atoms with Gasteiger partial charge in [-0.15, -0.1) is 11.3 Å². The van der Waals surface area contributed by atoms with Gasteiger partial charge >= 0.3 is 0 Å². The summed E-state index contributed by atoms with van der Waals surface area (Å²) in [6.45, 7) is 5.23. The van der Waals surface area contributed by atoms with Gasteiger partial charge in [0, 0.05) is 12.0 Å². The molecule has 1 heterocycles. The number of carbonyl (C=O) groups is 2. The lowest BCUT2D eigenvalue weighted by Gasteiger charge is -2.27. The number of aryl methyl sites for hydroxylation is 1. The third-order valence-electron chi connectivity index (χ3n) is 4.60. The smallest absolute Gasteiger partial charge is 0.265 e. The second kappa shape index (κ2) is 11.3. The Bertz CT molecular complexity index is 1030. The minimum atomic E-state index is -2.47. The summed E-state index contributed by atoms with van der Waals surface area (Å²) in [7, 11) is 0. The highest BCUT2D eigenvalue weighted by molar-refractivity contribution is 7.17. The number of ether oxygens (including phenoxy) is 1. The van der Waals surface area contributed by atoms with Gasteiger partial charge in [0.15, 0.2) is 12.0 Å². The number of nitrogens with zero attached hydrogens (tertiary/aromatic N) is 2. The van der Waals surface area contributed by atoms with Crippen molar-refractivity contribution in [2.24, 2.45) is 5.92 Å². The summed E-state index contributed by atoms with van der Waals surface area (Å²) in [6.07, 6.45) is -3.93. The molecule has 2 aromatic rings. The summed E-state index contributed by atoms with van der Waals surface area (Å²) in [4.78, 5) is 28.5. The molecule has 0 fully saturated rings. The van der Waals surface area contributed by atoms with Crippen molar-refractivity contribution >= 4 is 23.5 Å². The SMILES string of the molecule is Cc1nc(-c2ccc(OCC(C)C)c(C#N)c2)sc1C(=O)NC(O)(C=O)CC(O)C(O)CO. The molecule has 0 saturated carbocycles. The van der Waals surface area contributed by atoms with E-state index in [0.29, 0.717) is 34.2 Å². The Kier molecular flexibility index (Phi) is 9.04. The molecule has 3 atom stereocenters. The van der Waals surface area contributed by atoms with Crippen LogP contribution in [-0.4, -0.2) is 68.8 Å². The molecule has 2 rings (SSSR count). The maximum atomic E-state index is 12.7. The number of thiazole rings is 1. The van der Waals surface area contributed by atoms with Crippen molar-refractivity contribution in [3.63, 3.8) is 0 Å². The first-order valence-corrected chi connectivity index (χ1v) is 11.0. The zero-order chi connectivity index (χ0) is 24.8. The lowest BCUT2D eigenvalue weighted by atomic mass is 10.0. The van der Waals surface area contributed by atoms with Gasteiger partial charge in [0.2, 0.25) is 0 Å². The van der Waals surface area contributed by atoms with Crippen molar-refractivity contribution in [2.75, 3.05) is 13.2 Å². The largest absolute Gasteiger partial charge is 0.492 e. The summed E-state index contributed by atoms with van der Waals surface area (Å²) in [5, 5.41) is 50.5. The molecule has 10 nitrogen and oxygen atoms in total. The number of carbonyl (C=O) groups excluding carboxylic acids is 2. The average molecular weight is 478 g/mol. The molecular weight excluding hydrogens is 450 g/mol.